The zero-order chi connectivity index (χ0) is 19.9. The number of nitrogens with one attached hydrogen (secondary N) is 2. The second-order valence-electron chi connectivity index (χ2n) is 7.67. The Labute approximate surface area is 161 Å². The number of alkyl halides is 2. The molecule has 2 aliphatic rings. The van der Waals surface area contributed by atoms with E-state index in [9.17, 15) is 18.0 Å². The molecule has 2 aromatic carbocycles. The van der Waals surface area contributed by atoms with Crippen molar-refractivity contribution in [2.24, 2.45) is 0 Å². The molecule has 2 amide bonds. The van der Waals surface area contributed by atoms with Gasteiger partial charge in [-0.1, -0.05) is 36.4 Å². The van der Waals surface area contributed by atoms with Gasteiger partial charge in [-0.3, -0.25) is 0 Å². The van der Waals surface area contributed by atoms with Gasteiger partial charge in [0, 0.05) is 13.1 Å². The van der Waals surface area contributed by atoms with E-state index < -0.39 is 30.1 Å². The molecule has 0 bridgehead atoms. The van der Waals surface area contributed by atoms with Crippen molar-refractivity contribution < 1.29 is 18.0 Å². The Bertz CT molecular complexity index is 887. The minimum Gasteiger partial charge on any atom is -0.325 e. The summed E-state index contributed by atoms with van der Waals surface area (Å²) in [4.78, 5) is 14.7. The molecule has 0 spiro atoms. The summed E-state index contributed by atoms with van der Waals surface area (Å²) in [6.45, 7) is 1.28. The topological polar surface area (TPSA) is 44.4 Å². The minimum atomic E-state index is -3.04. The predicted molar refractivity (Wildman–Crippen MR) is 99.8 cm³/mol. The quantitative estimate of drug-likeness (QED) is 0.826. The summed E-state index contributed by atoms with van der Waals surface area (Å²) in [6, 6.07) is 12.7. The number of fused-ring (bicyclic) bond motifs is 1. The first-order valence-corrected chi connectivity index (χ1v) is 9.31. The Balaban J connectivity index is 1.69. The van der Waals surface area contributed by atoms with Crippen LogP contribution in [0.15, 0.2) is 48.5 Å². The van der Waals surface area contributed by atoms with Crippen LogP contribution in [0.1, 0.15) is 29.7 Å². The van der Waals surface area contributed by atoms with E-state index in [0.29, 0.717) is 13.0 Å². The number of urea groups is 1. The van der Waals surface area contributed by atoms with Crippen molar-refractivity contribution in [1.82, 2.24) is 15.5 Å². The zero-order valence-corrected chi connectivity index (χ0v) is 15.5. The summed E-state index contributed by atoms with van der Waals surface area (Å²) >= 11 is 0. The molecule has 28 heavy (non-hydrogen) atoms. The number of amides is 2. The lowest BCUT2D eigenvalue weighted by molar-refractivity contribution is -0.0429. The van der Waals surface area contributed by atoms with Crippen LogP contribution in [0.4, 0.5) is 18.0 Å². The number of carbonyl (C=O) groups is 1. The van der Waals surface area contributed by atoms with Crippen molar-refractivity contribution in [3.8, 4) is 0 Å². The van der Waals surface area contributed by atoms with Crippen LogP contribution >= 0.6 is 0 Å². The van der Waals surface area contributed by atoms with E-state index in [1.807, 2.05) is 24.3 Å². The molecule has 0 aromatic heterocycles. The Kier molecular flexibility index (Phi) is 4.57. The van der Waals surface area contributed by atoms with Gasteiger partial charge in [-0.15, -0.1) is 0 Å². The molecule has 2 aliphatic heterocycles. The average molecular weight is 389 g/mol. The molecule has 0 radical (unpaired) electrons. The molecule has 0 saturated carbocycles. The zero-order valence-electron chi connectivity index (χ0n) is 15.5. The van der Waals surface area contributed by atoms with Gasteiger partial charge < -0.3 is 15.5 Å². The Morgan fingerprint density at radius 3 is 2.54 bits per heavy atom. The van der Waals surface area contributed by atoms with E-state index in [-0.39, 0.29) is 12.4 Å². The average Bonchev–Trinajstić information content (AvgIpc) is 2.93. The highest BCUT2D eigenvalue weighted by molar-refractivity contribution is 5.77. The van der Waals surface area contributed by atoms with Gasteiger partial charge in [-0.2, -0.15) is 0 Å². The second kappa shape index (κ2) is 6.81. The van der Waals surface area contributed by atoms with Crippen molar-refractivity contribution in [1.29, 1.82) is 0 Å². The molecule has 4 rings (SSSR count). The lowest BCUT2D eigenvalue weighted by atomic mass is 9.88. The summed E-state index contributed by atoms with van der Waals surface area (Å²) in [7, 11) is 0. The Hall–Kier alpha value is -2.54. The van der Waals surface area contributed by atoms with Crippen molar-refractivity contribution in [2.75, 3.05) is 19.6 Å². The SMILES string of the molecule is C[C@@]1(NC(=O)N2CCc3ccccc3[C@@H]2c2ccc(F)cc2)CNCC1(F)F. The number of hydrogen-bond donors (Lipinski definition) is 2. The first-order valence-electron chi connectivity index (χ1n) is 9.31. The van der Waals surface area contributed by atoms with E-state index in [4.69, 9.17) is 0 Å². The van der Waals surface area contributed by atoms with Crippen LogP contribution in [0.25, 0.3) is 0 Å². The molecule has 2 aromatic rings. The van der Waals surface area contributed by atoms with E-state index in [1.165, 1.54) is 19.1 Å². The highest BCUT2D eigenvalue weighted by atomic mass is 19.3. The van der Waals surface area contributed by atoms with Gasteiger partial charge in [0.25, 0.3) is 5.92 Å². The molecule has 4 nitrogen and oxygen atoms in total. The molecule has 2 heterocycles. The van der Waals surface area contributed by atoms with Crippen LogP contribution in [0.5, 0.6) is 0 Å². The van der Waals surface area contributed by atoms with Gasteiger partial charge in [-0.25, -0.2) is 18.0 Å². The minimum absolute atomic E-state index is 0.00260. The second-order valence-corrected chi connectivity index (χ2v) is 7.67. The monoisotopic (exact) mass is 389 g/mol. The van der Waals surface area contributed by atoms with Crippen molar-refractivity contribution >= 4 is 6.03 Å². The fourth-order valence-corrected chi connectivity index (χ4v) is 4.03. The van der Waals surface area contributed by atoms with Crippen LogP contribution in [0.2, 0.25) is 0 Å². The first kappa shape index (κ1) is 18.8. The normalized spacial score (nSPS) is 26.0. The number of rotatable bonds is 2. The molecule has 1 fully saturated rings. The summed E-state index contributed by atoms with van der Waals surface area (Å²) in [6.07, 6.45) is 0.632. The number of carbonyl (C=O) groups excluding carboxylic acids is 1. The molecule has 0 unspecified atom stereocenters. The van der Waals surface area contributed by atoms with Crippen LogP contribution in [-0.2, 0) is 6.42 Å². The summed E-state index contributed by atoms with van der Waals surface area (Å²) in [5, 5.41) is 5.21. The summed E-state index contributed by atoms with van der Waals surface area (Å²) in [5.41, 5.74) is 1.11. The van der Waals surface area contributed by atoms with Crippen LogP contribution in [0.3, 0.4) is 0 Å². The third-order valence-corrected chi connectivity index (χ3v) is 5.75. The molecular weight excluding hydrogens is 367 g/mol. The van der Waals surface area contributed by atoms with Crippen LogP contribution in [0, 0.1) is 5.82 Å². The molecule has 7 heteroatoms. The number of halogens is 3. The third-order valence-electron chi connectivity index (χ3n) is 5.75. The third kappa shape index (κ3) is 3.13. The highest BCUT2D eigenvalue weighted by Gasteiger charge is 2.55. The maximum atomic E-state index is 14.3. The molecule has 2 atom stereocenters. The molecule has 148 valence electrons. The van der Waals surface area contributed by atoms with Crippen molar-refractivity contribution in [3.05, 3.63) is 71.0 Å². The first-order chi connectivity index (χ1) is 13.3. The van der Waals surface area contributed by atoms with E-state index in [2.05, 4.69) is 10.6 Å². The largest absolute Gasteiger partial charge is 0.325 e. The summed E-state index contributed by atoms with van der Waals surface area (Å²) < 4.78 is 42.0. The Morgan fingerprint density at radius 2 is 1.86 bits per heavy atom. The van der Waals surface area contributed by atoms with Gasteiger partial charge in [0.15, 0.2) is 0 Å². The predicted octanol–water partition coefficient (Wildman–Crippen LogP) is 3.48. The van der Waals surface area contributed by atoms with E-state index in [0.717, 1.165) is 16.7 Å². The Morgan fingerprint density at radius 1 is 1.14 bits per heavy atom. The summed E-state index contributed by atoms with van der Waals surface area (Å²) in [5.74, 6) is -3.41. The molecular formula is C21H22F3N3O. The molecule has 2 N–H and O–H groups in total. The van der Waals surface area contributed by atoms with E-state index in [1.54, 1.807) is 17.0 Å². The van der Waals surface area contributed by atoms with Gasteiger partial charge in [-0.05, 0) is 42.2 Å². The number of nitrogens with zero attached hydrogens (tertiary/aromatic N) is 1. The van der Waals surface area contributed by atoms with Crippen LogP contribution < -0.4 is 10.6 Å². The maximum Gasteiger partial charge on any atom is 0.318 e. The van der Waals surface area contributed by atoms with E-state index >= 15 is 0 Å². The van der Waals surface area contributed by atoms with Crippen LogP contribution in [-0.4, -0.2) is 42.0 Å². The van der Waals surface area contributed by atoms with Gasteiger partial charge in [0.1, 0.15) is 11.4 Å². The number of benzene rings is 2. The van der Waals surface area contributed by atoms with Gasteiger partial charge in [0.2, 0.25) is 0 Å². The fourth-order valence-electron chi connectivity index (χ4n) is 4.03. The molecule has 1 saturated heterocycles. The highest BCUT2D eigenvalue weighted by Crippen LogP contribution is 2.37. The van der Waals surface area contributed by atoms with Gasteiger partial charge >= 0.3 is 6.03 Å². The fraction of sp³-hybridized carbons (Fsp3) is 0.381. The van der Waals surface area contributed by atoms with Crippen molar-refractivity contribution in [2.45, 2.75) is 30.8 Å². The maximum absolute atomic E-state index is 14.3. The molecule has 0 aliphatic carbocycles. The lowest BCUT2D eigenvalue weighted by Crippen LogP contribution is -2.61. The smallest absolute Gasteiger partial charge is 0.318 e. The van der Waals surface area contributed by atoms with Gasteiger partial charge in [0.05, 0.1) is 12.6 Å². The van der Waals surface area contributed by atoms with Crippen molar-refractivity contribution in [3.63, 3.8) is 0 Å². The number of hydrogen-bond acceptors (Lipinski definition) is 2. The standard InChI is InChI=1S/C21H22F3N3O/c1-20(12-25-13-21(20,23)24)26-19(28)27-11-10-14-4-2-3-5-17(14)18(27)15-6-8-16(22)9-7-15/h2-9,18,25H,10-13H2,1H3,(H,26,28)/t18-,20+/m0/s1. The lowest BCUT2D eigenvalue weighted by Gasteiger charge is -2.40.